The average Bonchev–Trinajstić information content (AvgIpc) is 2.60. The van der Waals surface area contributed by atoms with Gasteiger partial charge in [0.15, 0.2) is 0 Å². The topological polar surface area (TPSA) is 88.5 Å². The number of methoxy groups -OCH3 is 2. The maximum atomic E-state index is 12.2. The van der Waals surface area contributed by atoms with Gasteiger partial charge >= 0.3 is 13.2 Å². The molecule has 0 fully saturated rings. The minimum atomic E-state index is -1.81. The number of carbonyl (C=O) groups excluding carboxylic acids is 1. The smallest absolute Gasteiger partial charge is 0.492 e. The molecular formula is C17H22BNO6. The van der Waals surface area contributed by atoms with Crippen LogP contribution in [0.15, 0.2) is 24.3 Å². The van der Waals surface area contributed by atoms with Crippen LogP contribution < -0.4 is 19.7 Å². The van der Waals surface area contributed by atoms with Crippen molar-refractivity contribution in [2.45, 2.75) is 13.8 Å². The predicted octanol–water partition coefficient (Wildman–Crippen LogP) is 1.38. The van der Waals surface area contributed by atoms with Crippen molar-refractivity contribution in [3.05, 3.63) is 24.3 Å². The van der Waals surface area contributed by atoms with Crippen molar-refractivity contribution in [2.24, 2.45) is 0 Å². The van der Waals surface area contributed by atoms with Gasteiger partial charge in [-0.2, -0.15) is 0 Å². The summed E-state index contributed by atoms with van der Waals surface area (Å²) >= 11 is 0. The van der Waals surface area contributed by atoms with Gasteiger partial charge in [-0.05, 0) is 38.1 Å². The van der Waals surface area contributed by atoms with Crippen LogP contribution in [0, 0.1) is 0 Å². The monoisotopic (exact) mass is 347 g/mol. The number of fused-ring (bicyclic) bond motifs is 1. The predicted molar refractivity (Wildman–Crippen MR) is 95.8 cm³/mol. The van der Waals surface area contributed by atoms with Crippen LogP contribution in [0.4, 0.5) is 4.79 Å². The highest BCUT2D eigenvalue weighted by atomic mass is 16.6. The first-order valence-corrected chi connectivity index (χ1v) is 7.98. The second kappa shape index (κ2) is 8.09. The van der Waals surface area contributed by atoms with E-state index < -0.39 is 13.2 Å². The summed E-state index contributed by atoms with van der Waals surface area (Å²) in [6.45, 7) is 4.63. The molecule has 0 saturated carbocycles. The summed E-state index contributed by atoms with van der Waals surface area (Å²) in [7, 11) is 1.24. The molecule has 2 N–H and O–H groups in total. The fourth-order valence-electron chi connectivity index (χ4n) is 2.62. The van der Waals surface area contributed by atoms with E-state index in [1.807, 2.05) is 13.8 Å². The fraction of sp³-hybridized carbons (Fsp3) is 0.353. The van der Waals surface area contributed by atoms with Crippen LogP contribution in [0.2, 0.25) is 0 Å². The molecule has 0 aliphatic heterocycles. The molecule has 0 radical (unpaired) electrons. The maximum Gasteiger partial charge on any atom is 0.492 e. The van der Waals surface area contributed by atoms with E-state index in [1.54, 1.807) is 18.2 Å². The van der Waals surface area contributed by atoms with Gasteiger partial charge in [-0.15, -0.1) is 0 Å². The molecule has 8 heteroatoms. The molecule has 7 nitrogen and oxygen atoms in total. The number of rotatable bonds is 6. The molecule has 0 aliphatic rings. The molecule has 0 aliphatic carbocycles. The van der Waals surface area contributed by atoms with Gasteiger partial charge in [-0.1, -0.05) is 0 Å². The summed E-state index contributed by atoms with van der Waals surface area (Å²) in [5.41, 5.74) is 0.0690. The second-order valence-electron chi connectivity index (χ2n) is 5.32. The van der Waals surface area contributed by atoms with Crippen LogP contribution in [0.5, 0.6) is 17.2 Å². The molecule has 0 unspecified atom stereocenters. The van der Waals surface area contributed by atoms with E-state index in [-0.39, 0.29) is 11.2 Å². The standard InChI is InChI=1S/C17H22BNO6/c1-5-19(6-2)17(20)25-16-10-12-11(9-13(16)18(21)22)14(23-3)7-8-15(12)24-4/h7-10,21-22H,5-6H2,1-4H3. The van der Waals surface area contributed by atoms with Gasteiger partial charge in [0.05, 0.1) is 14.2 Å². The fourth-order valence-corrected chi connectivity index (χ4v) is 2.62. The number of benzene rings is 2. The van der Waals surface area contributed by atoms with E-state index in [1.165, 1.54) is 25.2 Å². The molecule has 0 atom stereocenters. The number of ether oxygens (including phenoxy) is 3. The Labute approximate surface area is 146 Å². The highest BCUT2D eigenvalue weighted by Crippen LogP contribution is 2.34. The Morgan fingerprint density at radius 2 is 1.52 bits per heavy atom. The summed E-state index contributed by atoms with van der Waals surface area (Å²) in [4.78, 5) is 13.7. The molecule has 0 aromatic heterocycles. The lowest BCUT2D eigenvalue weighted by molar-refractivity contribution is 0.157. The molecule has 0 heterocycles. The Bertz CT molecular complexity index is 760. The third-order valence-corrected chi connectivity index (χ3v) is 4.00. The van der Waals surface area contributed by atoms with Crippen molar-refractivity contribution >= 4 is 29.4 Å². The molecule has 25 heavy (non-hydrogen) atoms. The molecule has 1 amide bonds. The largest absolute Gasteiger partial charge is 0.496 e. The van der Waals surface area contributed by atoms with Gasteiger partial charge in [0, 0.05) is 29.3 Å². The summed E-state index contributed by atoms with van der Waals surface area (Å²) in [6.07, 6.45) is -0.562. The minimum absolute atomic E-state index is 0.0611. The first-order valence-electron chi connectivity index (χ1n) is 7.98. The van der Waals surface area contributed by atoms with Crippen LogP contribution in [0.1, 0.15) is 13.8 Å². The van der Waals surface area contributed by atoms with Crippen molar-refractivity contribution in [3.63, 3.8) is 0 Å². The van der Waals surface area contributed by atoms with Crippen LogP contribution in [0.25, 0.3) is 10.8 Å². The Kier molecular flexibility index (Phi) is 6.11. The van der Waals surface area contributed by atoms with E-state index >= 15 is 0 Å². The van der Waals surface area contributed by atoms with Crippen LogP contribution in [-0.4, -0.2) is 55.5 Å². The Morgan fingerprint density at radius 1 is 1.00 bits per heavy atom. The van der Waals surface area contributed by atoms with E-state index in [9.17, 15) is 14.8 Å². The van der Waals surface area contributed by atoms with Crippen molar-refractivity contribution < 1.29 is 29.1 Å². The lowest BCUT2D eigenvalue weighted by atomic mass is 9.78. The Hall–Kier alpha value is -2.45. The molecule has 0 spiro atoms. The molecular weight excluding hydrogens is 325 g/mol. The molecule has 2 rings (SSSR count). The molecule has 2 aromatic rings. The van der Waals surface area contributed by atoms with Crippen LogP contribution in [-0.2, 0) is 0 Å². The lowest BCUT2D eigenvalue weighted by Crippen LogP contribution is -2.37. The number of hydrogen-bond donors (Lipinski definition) is 2. The van der Waals surface area contributed by atoms with Crippen molar-refractivity contribution in [3.8, 4) is 17.2 Å². The van der Waals surface area contributed by atoms with Gasteiger partial charge in [-0.3, -0.25) is 0 Å². The third kappa shape index (κ3) is 3.80. The van der Waals surface area contributed by atoms with Crippen molar-refractivity contribution in [2.75, 3.05) is 27.3 Å². The van der Waals surface area contributed by atoms with Crippen LogP contribution >= 0.6 is 0 Å². The Balaban J connectivity index is 2.62. The quantitative estimate of drug-likeness (QED) is 0.768. The molecule has 134 valence electrons. The number of carbonyl (C=O) groups is 1. The highest BCUT2D eigenvalue weighted by Gasteiger charge is 2.23. The Morgan fingerprint density at radius 3 is 1.96 bits per heavy atom. The summed E-state index contributed by atoms with van der Waals surface area (Å²) in [5, 5.41) is 20.6. The van der Waals surface area contributed by atoms with E-state index in [4.69, 9.17) is 14.2 Å². The van der Waals surface area contributed by atoms with E-state index in [2.05, 4.69) is 0 Å². The zero-order valence-corrected chi connectivity index (χ0v) is 14.8. The lowest BCUT2D eigenvalue weighted by Gasteiger charge is -2.20. The number of hydrogen-bond acceptors (Lipinski definition) is 6. The van der Waals surface area contributed by atoms with Gasteiger partial charge in [0.1, 0.15) is 17.2 Å². The normalized spacial score (nSPS) is 10.5. The highest BCUT2D eigenvalue weighted by molar-refractivity contribution is 6.60. The maximum absolute atomic E-state index is 12.2. The minimum Gasteiger partial charge on any atom is -0.496 e. The zero-order chi connectivity index (χ0) is 18.6. The molecule has 0 bridgehead atoms. The summed E-state index contributed by atoms with van der Waals surface area (Å²) in [5.74, 6) is 1.15. The van der Waals surface area contributed by atoms with Gasteiger partial charge in [0.2, 0.25) is 0 Å². The van der Waals surface area contributed by atoms with E-state index in [0.29, 0.717) is 35.4 Å². The van der Waals surface area contributed by atoms with Gasteiger partial charge in [0.25, 0.3) is 0 Å². The second-order valence-corrected chi connectivity index (χ2v) is 5.32. The van der Waals surface area contributed by atoms with Gasteiger partial charge < -0.3 is 29.2 Å². The first kappa shape index (κ1) is 18.9. The summed E-state index contributed by atoms with van der Waals surface area (Å²) in [6, 6.07) is 6.52. The number of nitrogens with zero attached hydrogens (tertiary/aromatic N) is 1. The van der Waals surface area contributed by atoms with Gasteiger partial charge in [-0.25, -0.2) is 4.79 Å². The third-order valence-electron chi connectivity index (χ3n) is 4.00. The summed E-state index contributed by atoms with van der Waals surface area (Å²) < 4.78 is 16.1. The van der Waals surface area contributed by atoms with Crippen molar-refractivity contribution in [1.82, 2.24) is 4.90 Å². The van der Waals surface area contributed by atoms with Crippen molar-refractivity contribution in [1.29, 1.82) is 0 Å². The SMILES string of the molecule is CCN(CC)C(=O)Oc1cc2c(OC)ccc(OC)c2cc1B(O)O. The zero-order valence-electron chi connectivity index (χ0n) is 14.8. The number of amides is 1. The average molecular weight is 347 g/mol. The first-order chi connectivity index (χ1) is 12.0. The van der Waals surface area contributed by atoms with Crippen LogP contribution in [0.3, 0.4) is 0 Å². The molecule has 0 saturated heterocycles. The van der Waals surface area contributed by atoms with E-state index in [0.717, 1.165) is 0 Å². The molecule has 2 aromatic carbocycles.